The summed E-state index contributed by atoms with van der Waals surface area (Å²) in [5.41, 5.74) is 6.74. The van der Waals surface area contributed by atoms with Crippen molar-refractivity contribution < 1.29 is 0 Å². The van der Waals surface area contributed by atoms with Crippen LogP contribution in [0, 0.1) is 5.92 Å². The highest BCUT2D eigenvalue weighted by Gasteiger charge is 2.14. The standard InChI is InChI=1S/C11H19N3/c12-7-11-13-8-10(14-11)6-5-9-3-1-2-4-9/h8-9H,1-7,12H2,(H,13,14). The maximum Gasteiger partial charge on any atom is 0.120 e. The molecule has 0 atom stereocenters. The van der Waals surface area contributed by atoms with Gasteiger partial charge in [0, 0.05) is 11.9 Å². The molecule has 1 aliphatic carbocycles. The molecule has 78 valence electrons. The molecule has 0 radical (unpaired) electrons. The molecule has 0 aromatic carbocycles. The monoisotopic (exact) mass is 193 g/mol. The van der Waals surface area contributed by atoms with Gasteiger partial charge < -0.3 is 10.7 Å². The van der Waals surface area contributed by atoms with Crippen molar-refractivity contribution in [2.45, 2.75) is 45.1 Å². The first-order valence-corrected chi connectivity index (χ1v) is 5.61. The average Bonchev–Trinajstić information content (AvgIpc) is 2.86. The highest BCUT2D eigenvalue weighted by molar-refractivity contribution is 5.01. The van der Waals surface area contributed by atoms with Crippen molar-refractivity contribution >= 4 is 0 Å². The Morgan fingerprint density at radius 1 is 1.43 bits per heavy atom. The highest BCUT2D eigenvalue weighted by atomic mass is 14.9. The van der Waals surface area contributed by atoms with Crippen molar-refractivity contribution in [1.82, 2.24) is 9.97 Å². The third-order valence-corrected chi connectivity index (χ3v) is 3.17. The zero-order valence-corrected chi connectivity index (χ0v) is 8.63. The second kappa shape index (κ2) is 4.60. The number of hydrogen-bond donors (Lipinski definition) is 2. The Balaban J connectivity index is 1.79. The Morgan fingerprint density at radius 2 is 2.21 bits per heavy atom. The van der Waals surface area contributed by atoms with E-state index in [1.807, 2.05) is 6.20 Å². The molecule has 14 heavy (non-hydrogen) atoms. The van der Waals surface area contributed by atoms with Crippen molar-refractivity contribution in [2.75, 3.05) is 0 Å². The molecule has 0 amide bonds. The van der Waals surface area contributed by atoms with Crippen molar-refractivity contribution in [3.63, 3.8) is 0 Å². The van der Waals surface area contributed by atoms with E-state index in [0.717, 1.165) is 18.2 Å². The number of nitrogens with two attached hydrogens (primary N) is 1. The van der Waals surface area contributed by atoms with E-state index >= 15 is 0 Å². The summed E-state index contributed by atoms with van der Waals surface area (Å²) < 4.78 is 0. The number of H-pyrrole nitrogens is 1. The molecule has 1 heterocycles. The second-order valence-corrected chi connectivity index (χ2v) is 4.25. The fourth-order valence-corrected chi connectivity index (χ4v) is 2.30. The molecular formula is C11H19N3. The van der Waals surface area contributed by atoms with Gasteiger partial charge in [-0.2, -0.15) is 0 Å². The minimum absolute atomic E-state index is 0.517. The Bertz CT molecular complexity index is 274. The van der Waals surface area contributed by atoms with Gasteiger partial charge in [-0.3, -0.25) is 0 Å². The van der Waals surface area contributed by atoms with Crippen LogP contribution >= 0.6 is 0 Å². The van der Waals surface area contributed by atoms with Crippen LogP contribution in [0.4, 0.5) is 0 Å². The lowest BCUT2D eigenvalue weighted by Gasteiger charge is -2.06. The van der Waals surface area contributed by atoms with Crippen LogP contribution in [0.5, 0.6) is 0 Å². The number of aromatic nitrogens is 2. The summed E-state index contributed by atoms with van der Waals surface area (Å²) in [7, 11) is 0. The molecule has 1 aliphatic rings. The van der Waals surface area contributed by atoms with E-state index in [2.05, 4.69) is 9.97 Å². The third-order valence-electron chi connectivity index (χ3n) is 3.17. The van der Waals surface area contributed by atoms with Crippen molar-refractivity contribution in [3.05, 3.63) is 17.7 Å². The van der Waals surface area contributed by atoms with E-state index in [-0.39, 0.29) is 0 Å². The Kier molecular flexibility index (Phi) is 3.19. The van der Waals surface area contributed by atoms with Crippen LogP contribution in [0.1, 0.15) is 43.6 Å². The first kappa shape index (κ1) is 9.71. The van der Waals surface area contributed by atoms with Crippen LogP contribution in [-0.2, 0) is 13.0 Å². The lowest BCUT2D eigenvalue weighted by molar-refractivity contribution is 0.501. The van der Waals surface area contributed by atoms with Crippen LogP contribution in [0.2, 0.25) is 0 Å². The molecule has 1 saturated carbocycles. The highest BCUT2D eigenvalue weighted by Crippen LogP contribution is 2.28. The lowest BCUT2D eigenvalue weighted by atomic mass is 10.0. The smallest absolute Gasteiger partial charge is 0.120 e. The minimum atomic E-state index is 0.517. The maximum atomic E-state index is 5.49. The van der Waals surface area contributed by atoms with Crippen molar-refractivity contribution in [3.8, 4) is 0 Å². The molecule has 1 aromatic heterocycles. The maximum absolute atomic E-state index is 5.49. The summed E-state index contributed by atoms with van der Waals surface area (Å²) in [6, 6.07) is 0. The molecule has 0 bridgehead atoms. The molecular weight excluding hydrogens is 174 g/mol. The Labute approximate surface area is 85.1 Å². The number of imidazole rings is 1. The summed E-state index contributed by atoms with van der Waals surface area (Å²) in [5, 5.41) is 0. The SMILES string of the molecule is NCc1ncc(CCC2CCCC2)[nH]1. The third kappa shape index (κ3) is 2.35. The molecule has 3 heteroatoms. The molecule has 0 spiro atoms. The van der Waals surface area contributed by atoms with Crippen LogP contribution in [0.25, 0.3) is 0 Å². The number of hydrogen-bond acceptors (Lipinski definition) is 2. The van der Waals surface area contributed by atoms with Crippen molar-refractivity contribution in [1.29, 1.82) is 0 Å². The minimum Gasteiger partial charge on any atom is -0.345 e. The molecule has 0 aliphatic heterocycles. The number of nitrogens with zero attached hydrogens (tertiary/aromatic N) is 1. The predicted octanol–water partition coefficient (Wildman–Crippen LogP) is 1.99. The quantitative estimate of drug-likeness (QED) is 0.768. The average molecular weight is 193 g/mol. The lowest BCUT2D eigenvalue weighted by Crippen LogP contribution is -1.99. The van der Waals surface area contributed by atoms with Gasteiger partial charge in [-0.1, -0.05) is 25.7 Å². The summed E-state index contributed by atoms with van der Waals surface area (Å²) in [5.74, 6) is 1.87. The first-order valence-electron chi connectivity index (χ1n) is 5.61. The van der Waals surface area contributed by atoms with Gasteiger partial charge in [0.25, 0.3) is 0 Å². The van der Waals surface area contributed by atoms with Gasteiger partial charge in [0.1, 0.15) is 5.82 Å². The molecule has 0 saturated heterocycles. The van der Waals surface area contributed by atoms with Gasteiger partial charge >= 0.3 is 0 Å². The van der Waals surface area contributed by atoms with E-state index in [0.29, 0.717) is 6.54 Å². The first-order chi connectivity index (χ1) is 6.88. The molecule has 2 rings (SSSR count). The van der Waals surface area contributed by atoms with E-state index < -0.39 is 0 Å². The van der Waals surface area contributed by atoms with Crippen LogP contribution < -0.4 is 5.73 Å². The zero-order valence-electron chi connectivity index (χ0n) is 8.63. The van der Waals surface area contributed by atoms with Crippen LogP contribution in [0.15, 0.2) is 6.20 Å². The van der Waals surface area contributed by atoms with Gasteiger partial charge in [0.2, 0.25) is 0 Å². The summed E-state index contributed by atoms with van der Waals surface area (Å²) >= 11 is 0. The Morgan fingerprint density at radius 3 is 2.86 bits per heavy atom. The number of aromatic amines is 1. The van der Waals surface area contributed by atoms with E-state index in [1.54, 1.807) is 0 Å². The molecule has 0 unspecified atom stereocenters. The zero-order chi connectivity index (χ0) is 9.80. The molecule has 1 fully saturated rings. The normalized spacial score (nSPS) is 17.8. The van der Waals surface area contributed by atoms with Crippen LogP contribution in [0.3, 0.4) is 0 Å². The van der Waals surface area contributed by atoms with E-state index in [4.69, 9.17) is 5.73 Å². The second-order valence-electron chi connectivity index (χ2n) is 4.25. The molecule has 3 N–H and O–H groups in total. The van der Waals surface area contributed by atoms with Gasteiger partial charge in [-0.05, 0) is 18.8 Å². The van der Waals surface area contributed by atoms with Gasteiger partial charge in [0.05, 0.1) is 6.54 Å². The number of aryl methyl sites for hydroxylation is 1. The summed E-state index contributed by atoms with van der Waals surface area (Å²) in [6.07, 6.45) is 10.1. The summed E-state index contributed by atoms with van der Waals surface area (Å²) in [6.45, 7) is 0.517. The fraction of sp³-hybridized carbons (Fsp3) is 0.727. The fourth-order valence-electron chi connectivity index (χ4n) is 2.30. The summed E-state index contributed by atoms with van der Waals surface area (Å²) in [4.78, 5) is 7.45. The molecule has 1 aromatic rings. The van der Waals surface area contributed by atoms with Gasteiger partial charge in [-0.25, -0.2) is 4.98 Å². The van der Waals surface area contributed by atoms with Crippen LogP contribution in [-0.4, -0.2) is 9.97 Å². The largest absolute Gasteiger partial charge is 0.345 e. The van der Waals surface area contributed by atoms with E-state index in [9.17, 15) is 0 Å². The van der Waals surface area contributed by atoms with Gasteiger partial charge in [-0.15, -0.1) is 0 Å². The van der Waals surface area contributed by atoms with Gasteiger partial charge in [0.15, 0.2) is 0 Å². The topological polar surface area (TPSA) is 54.7 Å². The number of nitrogens with one attached hydrogen (secondary N) is 1. The predicted molar refractivity (Wildman–Crippen MR) is 56.8 cm³/mol. The van der Waals surface area contributed by atoms with Crippen molar-refractivity contribution in [2.24, 2.45) is 11.7 Å². The number of rotatable bonds is 4. The Hall–Kier alpha value is -0.830. The molecule has 3 nitrogen and oxygen atoms in total. The van der Waals surface area contributed by atoms with E-state index in [1.165, 1.54) is 37.8 Å².